The molecule has 0 saturated heterocycles. The van der Waals surface area contributed by atoms with Crippen molar-refractivity contribution < 1.29 is 19.8 Å². The van der Waals surface area contributed by atoms with Gasteiger partial charge in [-0.1, -0.05) is 109 Å². The molecular formula is C62H39N7OsS3. The molecule has 15 rings (SSSR count). The van der Waals surface area contributed by atoms with Gasteiger partial charge in [-0.2, -0.15) is 0 Å². The number of benzene rings is 5. The molecule has 0 atom stereocenters. The normalized spacial score (nSPS) is 11.8. The smallest absolute Gasteiger partial charge is 0.0986 e. The van der Waals surface area contributed by atoms with Crippen LogP contribution in [-0.4, -0.2) is 35.6 Å². The van der Waals surface area contributed by atoms with Crippen LogP contribution in [0.25, 0.3) is 108 Å². The van der Waals surface area contributed by atoms with E-state index in [1.165, 1.54) is 29.9 Å². The Labute approximate surface area is 445 Å². The SMILES string of the molecule is [Os].c1ccc2nc(-c3ccc4ccccc4n3)ccc2c1.c1ccc2nc(-c3ccc4ccccc4n3)ccc2c1.c1csc(-c2ccc(-c3ccc(C4=Nc5c(c6cccnc6c6ncccc56)C4)s3)s2)c1. The van der Waals surface area contributed by atoms with Crippen molar-refractivity contribution in [3.05, 3.63) is 234 Å². The maximum absolute atomic E-state index is 5.12. The maximum atomic E-state index is 5.12. The van der Waals surface area contributed by atoms with E-state index in [0.717, 1.165) is 106 Å². The van der Waals surface area contributed by atoms with Crippen molar-refractivity contribution in [2.45, 2.75) is 6.42 Å². The second-order valence-corrected chi connectivity index (χ2v) is 20.3. The van der Waals surface area contributed by atoms with Gasteiger partial charge in [-0.25, -0.2) is 19.9 Å². The molecule has 0 spiro atoms. The number of thiophene rings is 3. The van der Waals surface area contributed by atoms with E-state index >= 15 is 0 Å². The van der Waals surface area contributed by atoms with E-state index < -0.39 is 0 Å². The van der Waals surface area contributed by atoms with Gasteiger partial charge in [-0.05, 0) is 108 Å². The summed E-state index contributed by atoms with van der Waals surface area (Å²) in [5.41, 5.74) is 13.0. The molecule has 10 heterocycles. The Balaban J connectivity index is 0.000000116. The summed E-state index contributed by atoms with van der Waals surface area (Å²) in [5, 5.41) is 8.97. The molecular weight excluding hydrogens is 1130 g/mol. The molecule has 0 fully saturated rings. The number of hydrogen-bond donors (Lipinski definition) is 0. The summed E-state index contributed by atoms with van der Waals surface area (Å²) in [5.74, 6) is 0. The molecule has 73 heavy (non-hydrogen) atoms. The van der Waals surface area contributed by atoms with Crippen LogP contribution in [0.4, 0.5) is 5.69 Å². The number of aliphatic imine (C=N–C) groups is 1. The van der Waals surface area contributed by atoms with E-state index in [1.54, 1.807) is 11.3 Å². The maximum Gasteiger partial charge on any atom is 0.0986 e. The minimum absolute atomic E-state index is 0. The van der Waals surface area contributed by atoms with Crippen LogP contribution in [0.2, 0.25) is 0 Å². The van der Waals surface area contributed by atoms with Crippen molar-refractivity contribution in [3.63, 3.8) is 0 Å². The van der Waals surface area contributed by atoms with Crippen LogP contribution >= 0.6 is 34.0 Å². The molecule has 7 nitrogen and oxygen atoms in total. The number of pyridine rings is 6. The molecule has 9 aromatic heterocycles. The van der Waals surface area contributed by atoms with Crippen LogP contribution in [-0.2, 0) is 26.2 Å². The fraction of sp³-hybridized carbons (Fsp3) is 0.0161. The van der Waals surface area contributed by atoms with E-state index in [2.05, 4.69) is 132 Å². The minimum atomic E-state index is 0. The molecule has 0 amide bonds. The first kappa shape index (κ1) is 46.1. The fourth-order valence-corrected chi connectivity index (χ4v) is 12.1. The largest absolute Gasteiger partial charge is 0.254 e. The summed E-state index contributed by atoms with van der Waals surface area (Å²) < 4.78 is 0. The third-order valence-electron chi connectivity index (χ3n) is 12.7. The Hall–Kier alpha value is -8.03. The van der Waals surface area contributed by atoms with Gasteiger partial charge in [-0.15, -0.1) is 34.0 Å². The Bertz CT molecular complexity index is 4050. The number of nitrogens with zero attached hydrogens (tertiary/aromatic N) is 7. The average Bonchev–Trinajstić information content (AvgIpc) is 4.32. The second kappa shape index (κ2) is 20.2. The first-order valence-electron chi connectivity index (χ1n) is 23.6. The Morgan fingerprint density at radius 3 is 1.22 bits per heavy atom. The van der Waals surface area contributed by atoms with E-state index in [1.807, 2.05) is 144 Å². The number of fused-ring (bicyclic) bond motifs is 10. The van der Waals surface area contributed by atoms with Crippen molar-refractivity contribution in [3.8, 4) is 42.3 Å². The zero-order valence-electron chi connectivity index (χ0n) is 38.8. The summed E-state index contributed by atoms with van der Waals surface area (Å²) in [6.07, 6.45) is 4.50. The third-order valence-corrected chi connectivity index (χ3v) is 16.2. The van der Waals surface area contributed by atoms with E-state index in [0.29, 0.717) is 0 Å². The Kier molecular flexibility index (Phi) is 12.8. The van der Waals surface area contributed by atoms with Crippen molar-refractivity contribution in [1.29, 1.82) is 0 Å². The Morgan fingerprint density at radius 1 is 0.342 bits per heavy atom. The first-order chi connectivity index (χ1) is 35.6. The average molecular weight is 1170 g/mol. The summed E-state index contributed by atoms with van der Waals surface area (Å²) in [6.45, 7) is 0. The minimum Gasteiger partial charge on any atom is -0.254 e. The zero-order chi connectivity index (χ0) is 47.8. The molecule has 0 N–H and O–H groups in total. The van der Waals surface area contributed by atoms with Gasteiger partial charge in [0.1, 0.15) is 0 Å². The zero-order valence-corrected chi connectivity index (χ0v) is 43.8. The Morgan fingerprint density at radius 2 is 0.753 bits per heavy atom. The predicted molar refractivity (Wildman–Crippen MR) is 303 cm³/mol. The van der Waals surface area contributed by atoms with Crippen molar-refractivity contribution >= 4 is 111 Å². The van der Waals surface area contributed by atoms with Gasteiger partial charge in [0.15, 0.2) is 0 Å². The van der Waals surface area contributed by atoms with Crippen molar-refractivity contribution in [1.82, 2.24) is 29.9 Å². The van der Waals surface area contributed by atoms with Gasteiger partial charge < -0.3 is 0 Å². The van der Waals surface area contributed by atoms with E-state index in [4.69, 9.17) is 4.99 Å². The summed E-state index contributed by atoms with van der Waals surface area (Å²) in [4.78, 5) is 39.6. The first-order valence-corrected chi connectivity index (χ1v) is 26.1. The number of para-hydroxylation sites is 4. The van der Waals surface area contributed by atoms with Crippen LogP contribution < -0.4 is 0 Å². The standard InChI is InChI=1S/C26H15N3S3.2C18H12N2.Os/c1-4-15-17-14-18(29-24(17)16-5-2-12-28-26(16)25(15)27-11-1)19-7-8-22(31-19)23-10-9-21(32-23)20-6-3-13-30-20;2*1-3-7-15-13(5-1)9-11-17(19-15)18-12-10-14-6-2-4-8-16(14)20-18;/h1-13H,14H2;2*1-12H;. The summed E-state index contributed by atoms with van der Waals surface area (Å²) in [6, 6.07) is 70.4. The van der Waals surface area contributed by atoms with Gasteiger partial charge in [0.05, 0.1) is 67.3 Å². The summed E-state index contributed by atoms with van der Waals surface area (Å²) >= 11 is 5.47. The number of hydrogen-bond acceptors (Lipinski definition) is 10. The molecule has 348 valence electrons. The van der Waals surface area contributed by atoms with Crippen LogP contribution in [0.1, 0.15) is 10.4 Å². The second-order valence-electron chi connectivity index (χ2n) is 17.2. The third kappa shape index (κ3) is 9.25. The molecule has 0 saturated carbocycles. The number of rotatable bonds is 5. The molecule has 0 aliphatic carbocycles. The molecule has 1 aliphatic rings. The van der Waals surface area contributed by atoms with Crippen LogP contribution in [0.3, 0.4) is 0 Å². The quantitative estimate of drug-likeness (QED) is 0.160. The summed E-state index contributed by atoms with van der Waals surface area (Å²) in [7, 11) is 0. The molecule has 1 aliphatic heterocycles. The monoisotopic (exact) mass is 1170 g/mol. The topological polar surface area (TPSA) is 89.7 Å². The van der Waals surface area contributed by atoms with E-state index in [-0.39, 0.29) is 19.8 Å². The van der Waals surface area contributed by atoms with E-state index in [9.17, 15) is 0 Å². The molecule has 0 radical (unpaired) electrons. The number of aromatic nitrogens is 6. The van der Waals surface area contributed by atoms with Gasteiger partial charge in [-0.3, -0.25) is 15.0 Å². The molecule has 14 aromatic rings. The van der Waals surface area contributed by atoms with Gasteiger partial charge in [0, 0.05) is 95.3 Å². The predicted octanol–water partition coefficient (Wildman–Crippen LogP) is 16.9. The van der Waals surface area contributed by atoms with Crippen LogP contribution in [0.15, 0.2) is 229 Å². The molecule has 11 heteroatoms. The fourth-order valence-electron chi connectivity index (χ4n) is 9.19. The van der Waals surface area contributed by atoms with Crippen LogP contribution in [0, 0.1) is 0 Å². The van der Waals surface area contributed by atoms with Gasteiger partial charge >= 0.3 is 0 Å². The van der Waals surface area contributed by atoms with Crippen molar-refractivity contribution in [2.75, 3.05) is 0 Å². The molecule has 0 unspecified atom stereocenters. The van der Waals surface area contributed by atoms with Crippen molar-refractivity contribution in [2.24, 2.45) is 4.99 Å². The van der Waals surface area contributed by atoms with Gasteiger partial charge in [0.2, 0.25) is 0 Å². The molecule has 0 bridgehead atoms. The van der Waals surface area contributed by atoms with Crippen LogP contribution in [0.5, 0.6) is 0 Å². The van der Waals surface area contributed by atoms with Gasteiger partial charge in [0.25, 0.3) is 0 Å². The molecule has 5 aromatic carbocycles.